The van der Waals surface area contributed by atoms with Crippen molar-refractivity contribution >= 4 is 62.2 Å². The molecule has 1 aromatic carbocycles. The summed E-state index contributed by atoms with van der Waals surface area (Å²) < 4.78 is 0.991. The van der Waals surface area contributed by atoms with Gasteiger partial charge in [0.15, 0.2) is 10.9 Å². The molecule has 0 atom stereocenters. The van der Waals surface area contributed by atoms with Gasteiger partial charge in [0.25, 0.3) is 5.91 Å². The third-order valence-corrected chi connectivity index (χ3v) is 5.06. The van der Waals surface area contributed by atoms with Crippen molar-refractivity contribution in [3.05, 3.63) is 56.7 Å². The molecule has 6 nitrogen and oxygen atoms in total. The number of anilines is 4. The molecule has 0 aliphatic carbocycles. The largest absolute Gasteiger partial charge is 0.396 e. The van der Waals surface area contributed by atoms with Crippen LogP contribution >= 0.6 is 33.9 Å². The molecule has 0 fully saturated rings. The Morgan fingerprint density at radius 2 is 2.08 bits per heavy atom. The summed E-state index contributed by atoms with van der Waals surface area (Å²) in [6.07, 6.45) is 3.17. The van der Waals surface area contributed by atoms with E-state index in [9.17, 15) is 4.79 Å². The molecule has 0 saturated heterocycles. The van der Waals surface area contributed by atoms with Crippen LogP contribution in [0, 0.1) is 10.5 Å². The number of carbonyl (C=O) groups is 1. The van der Waals surface area contributed by atoms with Crippen molar-refractivity contribution < 1.29 is 4.79 Å². The van der Waals surface area contributed by atoms with Gasteiger partial charge in [-0.05, 0) is 53.3 Å². The van der Waals surface area contributed by atoms with Crippen LogP contribution in [0.2, 0.25) is 0 Å². The van der Waals surface area contributed by atoms with Crippen LogP contribution in [0.25, 0.3) is 0 Å². The highest BCUT2D eigenvalue weighted by Crippen LogP contribution is 2.27. The van der Waals surface area contributed by atoms with Crippen molar-refractivity contribution in [1.82, 2.24) is 9.97 Å². The van der Waals surface area contributed by atoms with Crippen molar-refractivity contribution in [3.8, 4) is 0 Å². The van der Waals surface area contributed by atoms with Crippen LogP contribution in [0.5, 0.6) is 0 Å². The van der Waals surface area contributed by atoms with Gasteiger partial charge in [0.2, 0.25) is 0 Å². The lowest BCUT2D eigenvalue weighted by atomic mass is 10.2. The molecular formula is C16H14IN5OS. The van der Waals surface area contributed by atoms with E-state index in [0.717, 1.165) is 14.8 Å². The van der Waals surface area contributed by atoms with E-state index in [2.05, 4.69) is 43.2 Å². The number of nitrogens with two attached hydrogens (primary N) is 1. The van der Waals surface area contributed by atoms with Gasteiger partial charge in [0.1, 0.15) is 4.88 Å². The lowest BCUT2D eigenvalue weighted by Crippen LogP contribution is -2.12. The molecule has 0 radical (unpaired) electrons. The third-order valence-electron chi connectivity index (χ3n) is 3.25. The summed E-state index contributed by atoms with van der Waals surface area (Å²) in [5.41, 5.74) is 8.20. The number of hydrogen-bond acceptors (Lipinski definition) is 6. The number of thiazole rings is 1. The van der Waals surface area contributed by atoms with Crippen LogP contribution in [0.4, 0.5) is 22.3 Å². The van der Waals surface area contributed by atoms with Gasteiger partial charge >= 0.3 is 0 Å². The molecule has 24 heavy (non-hydrogen) atoms. The molecular weight excluding hydrogens is 437 g/mol. The minimum atomic E-state index is -0.193. The van der Waals surface area contributed by atoms with Crippen LogP contribution in [-0.4, -0.2) is 15.9 Å². The molecule has 1 amide bonds. The number of pyridine rings is 1. The Labute approximate surface area is 156 Å². The molecule has 0 spiro atoms. The summed E-state index contributed by atoms with van der Waals surface area (Å²) in [5.74, 6) is 0.328. The molecule has 0 bridgehead atoms. The summed E-state index contributed by atoms with van der Waals surface area (Å²) in [5, 5.41) is 6.52. The number of aryl methyl sites for hydroxylation is 1. The Kier molecular flexibility index (Phi) is 4.95. The number of halogens is 1. The summed E-state index contributed by atoms with van der Waals surface area (Å²) in [6.45, 7) is 1.96. The van der Waals surface area contributed by atoms with Gasteiger partial charge < -0.3 is 16.4 Å². The molecule has 3 aromatic rings. The number of hydrogen-bond donors (Lipinski definition) is 3. The van der Waals surface area contributed by atoms with Crippen molar-refractivity contribution in [3.63, 3.8) is 0 Å². The molecule has 0 saturated carbocycles. The maximum absolute atomic E-state index is 12.4. The zero-order valence-corrected chi connectivity index (χ0v) is 15.7. The van der Waals surface area contributed by atoms with E-state index in [1.54, 1.807) is 18.3 Å². The predicted octanol–water partition coefficient (Wildman–Crippen LogP) is 4.03. The Bertz CT molecular complexity index is 875. The monoisotopic (exact) mass is 451 g/mol. The van der Waals surface area contributed by atoms with Gasteiger partial charge in [-0.1, -0.05) is 23.5 Å². The van der Waals surface area contributed by atoms with E-state index in [0.29, 0.717) is 21.5 Å². The Hall–Kier alpha value is -2.20. The van der Waals surface area contributed by atoms with Gasteiger partial charge in [-0.3, -0.25) is 4.79 Å². The predicted molar refractivity (Wildman–Crippen MR) is 106 cm³/mol. The molecule has 122 valence electrons. The molecule has 0 aliphatic rings. The topological polar surface area (TPSA) is 92.9 Å². The molecule has 2 aromatic heterocycles. The van der Waals surface area contributed by atoms with Crippen molar-refractivity contribution in [2.45, 2.75) is 6.92 Å². The maximum Gasteiger partial charge on any atom is 0.267 e. The fraction of sp³-hybridized carbons (Fsp3) is 0.0625. The first kappa shape index (κ1) is 16.7. The number of nitrogens with zero attached hydrogens (tertiary/aromatic N) is 2. The first-order valence-corrected chi connectivity index (χ1v) is 8.94. The van der Waals surface area contributed by atoms with Gasteiger partial charge in [-0.15, -0.1) is 0 Å². The average Bonchev–Trinajstić information content (AvgIpc) is 3.02. The first-order valence-electron chi connectivity index (χ1n) is 7.04. The number of amides is 1. The van der Waals surface area contributed by atoms with E-state index >= 15 is 0 Å². The standard InChI is InChI=1S/C16H14IN5OS/c1-9-4-2-5-10(17)13(9)21-15(23)12-8-20-16(24-12)22-14-11(18)6-3-7-19-14/h2-8H,18H2,1H3,(H,21,23)(H,19,20,22). The SMILES string of the molecule is Cc1cccc(I)c1NC(=O)c1cnc(Nc2ncccc2N)s1. The molecule has 2 heterocycles. The van der Waals surface area contributed by atoms with E-state index in [-0.39, 0.29) is 5.91 Å². The zero-order valence-electron chi connectivity index (χ0n) is 12.7. The molecule has 0 aliphatic heterocycles. The van der Waals surface area contributed by atoms with E-state index in [4.69, 9.17) is 5.73 Å². The van der Waals surface area contributed by atoms with Gasteiger partial charge in [-0.25, -0.2) is 9.97 Å². The lowest BCUT2D eigenvalue weighted by molar-refractivity contribution is 0.103. The van der Waals surface area contributed by atoms with E-state index in [1.165, 1.54) is 17.5 Å². The Morgan fingerprint density at radius 1 is 1.25 bits per heavy atom. The average molecular weight is 451 g/mol. The third kappa shape index (κ3) is 3.65. The fourth-order valence-corrected chi connectivity index (χ4v) is 3.50. The Morgan fingerprint density at radius 3 is 2.83 bits per heavy atom. The molecule has 0 unspecified atom stereocenters. The van der Waals surface area contributed by atoms with Gasteiger partial charge in [0, 0.05) is 9.77 Å². The highest BCUT2D eigenvalue weighted by Gasteiger charge is 2.14. The normalized spacial score (nSPS) is 10.4. The first-order chi connectivity index (χ1) is 11.5. The van der Waals surface area contributed by atoms with Crippen LogP contribution in [0.3, 0.4) is 0 Å². The second kappa shape index (κ2) is 7.14. The quantitative estimate of drug-likeness (QED) is 0.521. The fourth-order valence-electron chi connectivity index (χ4n) is 2.03. The number of para-hydroxylation sites is 1. The van der Waals surface area contributed by atoms with Crippen molar-refractivity contribution in [2.75, 3.05) is 16.4 Å². The summed E-state index contributed by atoms with van der Waals surface area (Å²) in [4.78, 5) is 21.3. The highest BCUT2D eigenvalue weighted by molar-refractivity contribution is 14.1. The molecule has 4 N–H and O–H groups in total. The van der Waals surface area contributed by atoms with Crippen molar-refractivity contribution in [1.29, 1.82) is 0 Å². The number of nitrogens with one attached hydrogen (secondary N) is 2. The van der Waals surface area contributed by atoms with Crippen LogP contribution in [0.1, 0.15) is 15.2 Å². The number of benzene rings is 1. The van der Waals surface area contributed by atoms with E-state index in [1.807, 2.05) is 25.1 Å². The zero-order chi connectivity index (χ0) is 17.1. The molecule has 3 rings (SSSR count). The summed E-state index contributed by atoms with van der Waals surface area (Å²) >= 11 is 3.44. The second-order valence-electron chi connectivity index (χ2n) is 4.98. The van der Waals surface area contributed by atoms with Crippen LogP contribution in [-0.2, 0) is 0 Å². The molecule has 8 heteroatoms. The van der Waals surface area contributed by atoms with Crippen LogP contribution < -0.4 is 16.4 Å². The van der Waals surface area contributed by atoms with Gasteiger partial charge in [0.05, 0.1) is 17.6 Å². The number of rotatable bonds is 4. The lowest BCUT2D eigenvalue weighted by Gasteiger charge is -2.09. The second-order valence-corrected chi connectivity index (χ2v) is 7.17. The van der Waals surface area contributed by atoms with Crippen molar-refractivity contribution in [2.24, 2.45) is 0 Å². The maximum atomic E-state index is 12.4. The van der Waals surface area contributed by atoms with Gasteiger partial charge in [-0.2, -0.15) is 0 Å². The highest BCUT2D eigenvalue weighted by atomic mass is 127. The van der Waals surface area contributed by atoms with Crippen LogP contribution in [0.15, 0.2) is 42.7 Å². The minimum Gasteiger partial charge on any atom is -0.396 e. The smallest absolute Gasteiger partial charge is 0.267 e. The summed E-state index contributed by atoms with van der Waals surface area (Å²) in [6, 6.07) is 9.37. The Balaban J connectivity index is 1.76. The minimum absolute atomic E-state index is 0.193. The van der Waals surface area contributed by atoms with E-state index < -0.39 is 0 Å². The summed E-state index contributed by atoms with van der Waals surface area (Å²) in [7, 11) is 0. The number of aromatic nitrogens is 2. The number of carbonyl (C=O) groups excluding carboxylic acids is 1. The number of nitrogen functional groups attached to an aromatic ring is 1.